The molecule has 1 atom stereocenters. The third-order valence-corrected chi connectivity index (χ3v) is 3.98. The fourth-order valence-corrected chi connectivity index (χ4v) is 2.80. The Kier molecular flexibility index (Phi) is 6.81. The predicted octanol–water partition coefficient (Wildman–Crippen LogP) is 2.56. The van der Waals surface area contributed by atoms with Gasteiger partial charge in [-0.25, -0.2) is 9.97 Å². The number of nitrogens with zero attached hydrogens (tertiary/aromatic N) is 2. The first-order valence-electron chi connectivity index (χ1n) is 7.78. The molecule has 0 unspecified atom stereocenters. The van der Waals surface area contributed by atoms with Crippen LogP contribution in [0.4, 0.5) is 17.3 Å². The fraction of sp³-hybridized carbons (Fsp3) is 0.312. The molecule has 1 aliphatic heterocycles. The number of anilines is 3. The molecular formula is C16H20Cl2N6O. The Morgan fingerprint density at radius 1 is 1.40 bits per heavy atom. The van der Waals surface area contributed by atoms with Gasteiger partial charge in [0, 0.05) is 23.3 Å². The highest BCUT2D eigenvalue weighted by atomic mass is 35.5. The number of hydrogen-bond acceptors (Lipinski definition) is 6. The van der Waals surface area contributed by atoms with Crippen LogP contribution in [0.15, 0.2) is 30.5 Å². The van der Waals surface area contributed by atoms with Gasteiger partial charge in [-0.1, -0.05) is 17.7 Å². The minimum absolute atomic E-state index is 0. The molecule has 25 heavy (non-hydrogen) atoms. The average molecular weight is 383 g/mol. The largest absolute Gasteiger partial charge is 0.365 e. The van der Waals surface area contributed by atoms with Gasteiger partial charge in [0.1, 0.15) is 5.82 Å². The molecule has 3 rings (SSSR count). The number of hydrogen-bond donors (Lipinski definition) is 4. The van der Waals surface area contributed by atoms with Crippen LogP contribution in [0, 0.1) is 0 Å². The van der Waals surface area contributed by atoms with Crippen molar-refractivity contribution in [1.29, 1.82) is 0 Å². The summed E-state index contributed by atoms with van der Waals surface area (Å²) in [4.78, 5) is 20.2. The monoisotopic (exact) mass is 382 g/mol. The van der Waals surface area contributed by atoms with E-state index in [2.05, 4.69) is 25.9 Å². The number of piperidine rings is 1. The van der Waals surface area contributed by atoms with Gasteiger partial charge in [-0.15, -0.1) is 12.4 Å². The Hall–Kier alpha value is -2.09. The van der Waals surface area contributed by atoms with Crippen LogP contribution >= 0.6 is 24.0 Å². The Bertz CT molecular complexity index is 736. The highest BCUT2D eigenvalue weighted by Crippen LogP contribution is 2.22. The summed E-state index contributed by atoms with van der Waals surface area (Å²) < 4.78 is 0. The van der Waals surface area contributed by atoms with Crippen LogP contribution in [0.3, 0.4) is 0 Å². The maximum atomic E-state index is 11.6. The van der Waals surface area contributed by atoms with Gasteiger partial charge in [0.2, 0.25) is 0 Å². The zero-order valence-corrected chi connectivity index (χ0v) is 15.0. The van der Waals surface area contributed by atoms with E-state index in [9.17, 15) is 4.79 Å². The Morgan fingerprint density at radius 3 is 2.92 bits per heavy atom. The van der Waals surface area contributed by atoms with E-state index < -0.39 is 5.91 Å². The van der Waals surface area contributed by atoms with Crippen molar-refractivity contribution in [1.82, 2.24) is 15.3 Å². The van der Waals surface area contributed by atoms with E-state index in [-0.39, 0.29) is 24.1 Å². The van der Waals surface area contributed by atoms with Crippen LogP contribution in [0.5, 0.6) is 0 Å². The van der Waals surface area contributed by atoms with Gasteiger partial charge in [0.05, 0.1) is 6.20 Å². The number of rotatable bonds is 5. The lowest BCUT2D eigenvalue weighted by Crippen LogP contribution is -2.38. The number of halogens is 2. The van der Waals surface area contributed by atoms with Gasteiger partial charge in [0.15, 0.2) is 11.5 Å². The smallest absolute Gasteiger partial charge is 0.271 e. The molecular weight excluding hydrogens is 363 g/mol. The molecule has 1 aromatic carbocycles. The van der Waals surface area contributed by atoms with Gasteiger partial charge < -0.3 is 21.7 Å². The number of nitrogens with two attached hydrogens (primary N) is 1. The summed E-state index contributed by atoms with van der Waals surface area (Å²) in [6, 6.07) is 7.41. The van der Waals surface area contributed by atoms with Gasteiger partial charge in [-0.2, -0.15) is 0 Å². The normalized spacial score (nSPS) is 16.6. The lowest BCUT2D eigenvalue weighted by molar-refractivity contribution is 0.0996. The van der Waals surface area contributed by atoms with Crippen molar-refractivity contribution >= 4 is 47.2 Å². The first kappa shape index (κ1) is 19.2. The van der Waals surface area contributed by atoms with Gasteiger partial charge in [-0.3, -0.25) is 4.79 Å². The molecule has 0 saturated carbocycles. The molecule has 0 spiro atoms. The van der Waals surface area contributed by atoms with E-state index in [0.717, 1.165) is 25.9 Å². The second-order valence-electron chi connectivity index (χ2n) is 5.64. The highest BCUT2D eigenvalue weighted by molar-refractivity contribution is 6.30. The Balaban J connectivity index is 0.00000225. The highest BCUT2D eigenvalue weighted by Gasteiger charge is 2.17. The van der Waals surface area contributed by atoms with Crippen molar-refractivity contribution in [2.45, 2.75) is 18.9 Å². The summed E-state index contributed by atoms with van der Waals surface area (Å²) in [6.45, 7) is 1.91. The Morgan fingerprint density at radius 2 is 2.24 bits per heavy atom. The molecule has 2 heterocycles. The summed E-state index contributed by atoms with van der Waals surface area (Å²) in [6.07, 6.45) is 3.69. The molecule has 134 valence electrons. The van der Waals surface area contributed by atoms with Crippen molar-refractivity contribution in [3.63, 3.8) is 0 Å². The van der Waals surface area contributed by atoms with Gasteiger partial charge in [-0.05, 0) is 37.6 Å². The number of primary amides is 1. The molecule has 9 heteroatoms. The van der Waals surface area contributed by atoms with Crippen molar-refractivity contribution < 1.29 is 4.79 Å². The summed E-state index contributed by atoms with van der Waals surface area (Å²) in [5.41, 5.74) is 6.18. The number of amides is 1. The topological polar surface area (TPSA) is 105 Å². The molecule has 1 aliphatic rings. The van der Waals surface area contributed by atoms with E-state index in [1.165, 1.54) is 6.20 Å². The molecule has 1 saturated heterocycles. The summed E-state index contributed by atoms with van der Waals surface area (Å²) in [5.74, 6) is 0.259. The molecule has 0 aliphatic carbocycles. The quantitative estimate of drug-likeness (QED) is 0.633. The molecule has 7 nitrogen and oxygen atoms in total. The lowest BCUT2D eigenvalue weighted by Gasteiger charge is -2.24. The lowest BCUT2D eigenvalue weighted by atomic mass is 10.1. The number of benzene rings is 1. The second-order valence-corrected chi connectivity index (χ2v) is 6.08. The van der Waals surface area contributed by atoms with E-state index >= 15 is 0 Å². The summed E-state index contributed by atoms with van der Waals surface area (Å²) >= 11 is 5.99. The van der Waals surface area contributed by atoms with E-state index in [1.54, 1.807) is 18.2 Å². The van der Waals surface area contributed by atoms with Crippen LogP contribution in [-0.2, 0) is 0 Å². The predicted molar refractivity (Wildman–Crippen MR) is 102 cm³/mol. The first-order chi connectivity index (χ1) is 11.6. The molecule has 1 fully saturated rings. The van der Waals surface area contributed by atoms with Crippen LogP contribution in [-0.4, -0.2) is 35.0 Å². The van der Waals surface area contributed by atoms with E-state index in [0.29, 0.717) is 22.3 Å². The summed E-state index contributed by atoms with van der Waals surface area (Å²) in [5, 5.41) is 10.3. The third-order valence-electron chi connectivity index (χ3n) is 3.74. The number of nitrogens with one attached hydrogen (secondary N) is 3. The number of carbonyl (C=O) groups excluding carboxylic acids is 1. The first-order valence-corrected chi connectivity index (χ1v) is 8.16. The van der Waals surface area contributed by atoms with Crippen LogP contribution in [0.25, 0.3) is 0 Å². The van der Waals surface area contributed by atoms with E-state index in [4.69, 9.17) is 17.3 Å². The molecule has 0 bridgehead atoms. The van der Waals surface area contributed by atoms with Crippen LogP contribution in [0.2, 0.25) is 5.02 Å². The summed E-state index contributed by atoms with van der Waals surface area (Å²) in [7, 11) is 0. The zero-order valence-electron chi connectivity index (χ0n) is 13.5. The zero-order chi connectivity index (χ0) is 16.9. The SMILES string of the molecule is Cl.NC(=O)c1ncc(N[C@@H]2CCCNC2)nc1Nc1cccc(Cl)c1. The third kappa shape index (κ3) is 5.19. The van der Waals surface area contributed by atoms with Crippen LogP contribution in [0.1, 0.15) is 23.3 Å². The average Bonchev–Trinajstić information content (AvgIpc) is 2.56. The molecule has 1 amide bonds. The molecule has 5 N–H and O–H groups in total. The Labute approximate surface area is 157 Å². The van der Waals surface area contributed by atoms with Crippen molar-refractivity contribution in [2.75, 3.05) is 23.7 Å². The minimum atomic E-state index is -0.641. The van der Waals surface area contributed by atoms with Gasteiger partial charge in [0.25, 0.3) is 5.91 Å². The molecule has 2 aromatic rings. The molecule has 0 radical (unpaired) electrons. The van der Waals surface area contributed by atoms with Gasteiger partial charge >= 0.3 is 0 Å². The van der Waals surface area contributed by atoms with Crippen molar-refractivity contribution in [3.8, 4) is 0 Å². The fourth-order valence-electron chi connectivity index (χ4n) is 2.61. The van der Waals surface area contributed by atoms with Crippen LogP contribution < -0.4 is 21.7 Å². The minimum Gasteiger partial charge on any atom is -0.365 e. The van der Waals surface area contributed by atoms with E-state index in [1.807, 2.05) is 6.07 Å². The second kappa shape index (κ2) is 8.84. The standard InChI is InChI=1S/C16H19ClN6O.ClH/c17-10-3-1-4-11(7-10)22-16-14(15(18)24)20-9-13(23-16)21-12-5-2-6-19-8-12;/h1,3-4,7,9,12,19H,2,5-6,8H2,(H2,18,24)(H2,21,22,23);1H/t12-;/m1./s1. The van der Waals surface area contributed by atoms with Crippen molar-refractivity contribution in [2.24, 2.45) is 5.73 Å². The van der Waals surface area contributed by atoms with Crippen molar-refractivity contribution in [3.05, 3.63) is 41.2 Å². The maximum absolute atomic E-state index is 11.6. The maximum Gasteiger partial charge on any atom is 0.271 e. The molecule has 1 aromatic heterocycles. The number of aromatic nitrogens is 2. The number of carbonyl (C=O) groups is 1.